The van der Waals surface area contributed by atoms with E-state index < -0.39 is 0 Å². The van der Waals surface area contributed by atoms with Crippen molar-refractivity contribution in [3.05, 3.63) is 17.7 Å². The molecule has 0 aliphatic heterocycles. The van der Waals surface area contributed by atoms with E-state index in [4.69, 9.17) is 15.2 Å². The van der Waals surface area contributed by atoms with Crippen LogP contribution in [-0.4, -0.2) is 19.3 Å². The SMILES string of the molecule is COc1cc(OC)c(C(C)N)cc1O. The lowest BCUT2D eigenvalue weighted by atomic mass is 10.1. The Kier molecular flexibility index (Phi) is 3.19. The van der Waals surface area contributed by atoms with E-state index in [0.717, 1.165) is 5.56 Å². The van der Waals surface area contributed by atoms with Crippen LogP contribution >= 0.6 is 0 Å². The summed E-state index contributed by atoms with van der Waals surface area (Å²) >= 11 is 0. The summed E-state index contributed by atoms with van der Waals surface area (Å²) in [5, 5.41) is 9.52. The molecule has 4 heteroatoms. The molecular weight excluding hydrogens is 182 g/mol. The summed E-state index contributed by atoms with van der Waals surface area (Å²) in [6, 6.07) is 2.98. The maximum Gasteiger partial charge on any atom is 0.164 e. The first-order valence-electron chi connectivity index (χ1n) is 4.30. The fraction of sp³-hybridized carbons (Fsp3) is 0.400. The number of methoxy groups -OCH3 is 2. The summed E-state index contributed by atoms with van der Waals surface area (Å²) in [6.45, 7) is 1.82. The van der Waals surface area contributed by atoms with Crippen molar-refractivity contribution < 1.29 is 14.6 Å². The number of phenols is 1. The highest BCUT2D eigenvalue weighted by Crippen LogP contribution is 2.35. The highest BCUT2D eigenvalue weighted by atomic mass is 16.5. The van der Waals surface area contributed by atoms with Gasteiger partial charge in [-0.3, -0.25) is 0 Å². The Morgan fingerprint density at radius 3 is 2.21 bits per heavy atom. The molecule has 1 aromatic carbocycles. The predicted octanol–water partition coefficient (Wildman–Crippen LogP) is 1.43. The molecule has 0 saturated heterocycles. The molecule has 0 fully saturated rings. The Bertz CT molecular complexity index is 323. The molecule has 78 valence electrons. The first-order chi connectivity index (χ1) is 6.60. The summed E-state index contributed by atoms with van der Waals surface area (Å²) in [7, 11) is 3.04. The van der Waals surface area contributed by atoms with Crippen LogP contribution in [0.1, 0.15) is 18.5 Å². The second-order valence-corrected chi connectivity index (χ2v) is 3.05. The predicted molar refractivity (Wildman–Crippen MR) is 53.8 cm³/mol. The van der Waals surface area contributed by atoms with Crippen LogP contribution in [0.2, 0.25) is 0 Å². The van der Waals surface area contributed by atoms with Crippen LogP contribution in [-0.2, 0) is 0 Å². The lowest BCUT2D eigenvalue weighted by Crippen LogP contribution is -2.07. The number of hydrogen-bond acceptors (Lipinski definition) is 4. The molecule has 4 nitrogen and oxygen atoms in total. The van der Waals surface area contributed by atoms with Crippen LogP contribution in [0.25, 0.3) is 0 Å². The van der Waals surface area contributed by atoms with Crippen molar-refractivity contribution in [2.75, 3.05) is 14.2 Å². The van der Waals surface area contributed by atoms with Gasteiger partial charge in [0.25, 0.3) is 0 Å². The van der Waals surface area contributed by atoms with Gasteiger partial charge in [0.05, 0.1) is 14.2 Å². The van der Waals surface area contributed by atoms with E-state index in [0.29, 0.717) is 11.5 Å². The van der Waals surface area contributed by atoms with E-state index >= 15 is 0 Å². The molecular formula is C10H15NO3. The van der Waals surface area contributed by atoms with Crippen LogP contribution in [0.15, 0.2) is 12.1 Å². The second kappa shape index (κ2) is 4.19. The first-order valence-corrected chi connectivity index (χ1v) is 4.30. The molecule has 0 bridgehead atoms. The van der Waals surface area contributed by atoms with Gasteiger partial charge in [-0.05, 0) is 13.0 Å². The van der Waals surface area contributed by atoms with Crippen molar-refractivity contribution in [2.24, 2.45) is 5.73 Å². The van der Waals surface area contributed by atoms with Gasteiger partial charge in [0.1, 0.15) is 5.75 Å². The zero-order valence-electron chi connectivity index (χ0n) is 8.57. The van der Waals surface area contributed by atoms with Crippen LogP contribution in [0.3, 0.4) is 0 Å². The molecule has 0 saturated carbocycles. The van der Waals surface area contributed by atoms with Gasteiger partial charge in [-0.15, -0.1) is 0 Å². The van der Waals surface area contributed by atoms with Crippen LogP contribution < -0.4 is 15.2 Å². The average molecular weight is 197 g/mol. The van der Waals surface area contributed by atoms with E-state index in [1.165, 1.54) is 7.11 Å². The summed E-state index contributed by atoms with van der Waals surface area (Å²) in [5.74, 6) is 1.07. The molecule has 0 spiro atoms. The molecule has 0 aliphatic rings. The summed E-state index contributed by atoms with van der Waals surface area (Å²) in [5.41, 5.74) is 6.47. The molecule has 1 unspecified atom stereocenters. The Morgan fingerprint density at radius 1 is 1.21 bits per heavy atom. The maximum atomic E-state index is 9.52. The lowest BCUT2D eigenvalue weighted by molar-refractivity contribution is 0.361. The van der Waals surface area contributed by atoms with E-state index in [-0.39, 0.29) is 11.8 Å². The fourth-order valence-electron chi connectivity index (χ4n) is 1.26. The number of benzene rings is 1. The Morgan fingerprint density at radius 2 is 1.79 bits per heavy atom. The molecule has 0 aromatic heterocycles. The number of ether oxygens (including phenoxy) is 2. The molecule has 1 rings (SSSR count). The standard InChI is InChI=1S/C10H15NO3/c1-6(11)7-4-8(12)10(14-3)5-9(7)13-2/h4-6,12H,11H2,1-3H3. The van der Waals surface area contributed by atoms with Gasteiger partial charge in [0.15, 0.2) is 11.5 Å². The van der Waals surface area contributed by atoms with Crippen molar-refractivity contribution in [3.8, 4) is 17.2 Å². The molecule has 1 atom stereocenters. The van der Waals surface area contributed by atoms with Crippen molar-refractivity contribution >= 4 is 0 Å². The van der Waals surface area contributed by atoms with Gasteiger partial charge in [0.2, 0.25) is 0 Å². The Labute approximate surface area is 83.3 Å². The number of nitrogens with two attached hydrogens (primary N) is 1. The van der Waals surface area contributed by atoms with Gasteiger partial charge in [-0.2, -0.15) is 0 Å². The zero-order chi connectivity index (χ0) is 10.7. The minimum absolute atomic E-state index is 0.0700. The van der Waals surface area contributed by atoms with Gasteiger partial charge >= 0.3 is 0 Å². The third kappa shape index (κ3) is 1.90. The van der Waals surface area contributed by atoms with Crippen LogP contribution in [0, 0.1) is 0 Å². The number of rotatable bonds is 3. The van der Waals surface area contributed by atoms with Crippen molar-refractivity contribution in [1.29, 1.82) is 0 Å². The highest BCUT2D eigenvalue weighted by Gasteiger charge is 2.12. The maximum absolute atomic E-state index is 9.52. The quantitative estimate of drug-likeness (QED) is 0.769. The third-order valence-corrected chi connectivity index (χ3v) is 2.02. The van der Waals surface area contributed by atoms with Gasteiger partial charge in [-0.25, -0.2) is 0 Å². The summed E-state index contributed by atoms with van der Waals surface area (Å²) in [6.07, 6.45) is 0. The van der Waals surface area contributed by atoms with Crippen LogP contribution in [0.4, 0.5) is 0 Å². The smallest absolute Gasteiger partial charge is 0.164 e. The Balaban J connectivity index is 3.24. The minimum Gasteiger partial charge on any atom is -0.504 e. The van der Waals surface area contributed by atoms with Gasteiger partial charge in [-0.1, -0.05) is 0 Å². The number of phenolic OH excluding ortho intramolecular Hbond substituents is 1. The van der Waals surface area contributed by atoms with Gasteiger partial charge < -0.3 is 20.3 Å². The first kappa shape index (κ1) is 10.7. The van der Waals surface area contributed by atoms with Crippen molar-refractivity contribution in [2.45, 2.75) is 13.0 Å². The van der Waals surface area contributed by atoms with Crippen molar-refractivity contribution in [1.82, 2.24) is 0 Å². The normalized spacial score (nSPS) is 12.3. The molecule has 0 amide bonds. The fourth-order valence-corrected chi connectivity index (χ4v) is 1.26. The minimum atomic E-state index is -0.193. The summed E-state index contributed by atoms with van der Waals surface area (Å²) in [4.78, 5) is 0. The summed E-state index contributed by atoms with van der Waals surface area (Å²) < 4.78 is 10.1. The Hall–Kier alpha value is -1.42. The van der Waals surface area contributed by atoms with Crippen molar-refractivity contribution in [3.63, 3.8) is 0 Å². The third-order valence-electron chi connectivity index (χ3n) is 2.02. The largest absolute Gasteiger partial charge is 0.504 e. The van der Waals surface area contributed by atoms with Gasteiger partial charge in [0, 0.05) is 17.7 Å². The molecule has 0 heterocycles. The monoisotopic (exact) mass is 197 g/mol. The van der Waals surface area contributed by atoms with E-state index in [9.17, 15) is 5.11 Å². The second-order valence-electron chi connectivity index (χ2n) is 3.05. The average Bonchev–Trinajstić information content (AvgIpc) is 2.17. The molecule has 1 aromatic rings. The van der Waals surface area contributed by atoms with E-state index in [1.807, 2.05) is 6.92 Å². The molecule has 0 radical (unpaired) electrons. The number of hydrogen-bond donors (Lipinski definition) is 2. The molecule has 3 N–H and O–H groups in total. The highest BCUT2D eigenvalue weighted by molar-refractivity contribution is 5.50. The topological polar surface area (TPSA) is 64.7 Å². The van der Waals surface area contributed by atoms with E-state index in [1.54, 1.807) is 19.2 Å². The lowest BCUT2D eigenvalue weighted by Gasteiger charge is -2.14. The van der Waals surface area contributed by atoms with Crippen LogP contribution in [0.5, 0.6) is 17.2 Å². The zero-order valence-corrected chi connectivity index (χ0v) is 8.57. The number of aromatic hydroxyl groups is 1. The van der Waals surface area contributed by atoms with E-state index in [2.05, 4.69) is 0 Å². The molecule has 0 aliphatic carbocycles. The molecule has 14 heavy (non-hydrogen) atoms.